The van der Waals surface area contributed by atoms with Gasteiger partial charge in [-0.1, -0.05) is 18.2 Å². The Morgan fingerprint density at radius 2 is 2.00 bits per heavy atom. The van der Waals surface area contributed by atoms with Crippen LogP contribution in [0.1, 0.15) is 12.0 Å². The van der Waals surface area contributed by atoms with Gasteiger partial charge in [-0.25, -0.2) is 19.3 Å². The van der Waals surface area contributed by atoms with E-state index in [0.29, 0.717) is 53.9 Å². The molecule has 2 aliphatic heterocycles. The van der Waals surface area contributed by atoms with Gasteiger partial charge in [0.05, 0.1) is 6.54 Å². The minimum atomic E-state index is -0.218. The molecule has 0 saturated heterocycles. The third kappa shape index (κ3) is 4.54. The summed E-state index contributed by atoms with van der Waals surface area (Å²) in [6.07, 6.45) is 7.07. The second-order valence-corrected chi connectivity index (χ2v) is 11.3. The Morgan fingerprint density at radius 1 is 1.10 bits per heavy atom. The van der Waals surface area contributed by atoms with Crippen molar-refractivity contribution >= 4 is 55.8 Å². The largest absolute Gasteiger partial charge is 0.480 e. The number of ether oxygens (including phenoxy) is 1. The number of aromatic nitrogens is 5. The number of anilines is 3. The highest BCUT2D eigenvalue weighted by Crippen LogP contribution is 2.33. The van der Waals surface area contributed by atoms with Crippen LogP contribution in [-0.2, 0) is 17.8 Å². The molecule has 0 unspecified atom stereocenters. The van der Waals surface area contributed by atoms with Crippen LogP contribution in [0.2, 0.25) is 0 Å². The van der Waals surface area contributed by atoms with Crippen molar-refractivity contribution in [3.8, 4) is 11.6 Å². The van der Waals surface area contributed by atoms with Crippen molar-refractivity contribution in [2.24, 2.45) is 0 Å². The van der Waals surface area contributed by atoms with Crippen LogP contribution in [0.25, 0.3) is 26.9 Å². The fourth-order valence-corrected chi connectivity index (χ4v) is 6.26. The van der Waals surface area contributed by atoms with E-state index in [2.05, 4.69) is 46.8 Å². The molecule has 208 valence electrons. The molecule has 4 aromatic heterocycles. The van der Waals surface area contributed by atoms with Gasteiger partial charge in [0.15, 0.2) is 29.6 Å². The predicted octanol–water partition coefficient (Wildman–Crippen LogP) is 3.72. The number of nitrogens with one attached hydrogen (secondary N) is 1. The van der Waals surface area contributed by atoms with E-state index >= 15 is 0 Å². The van der Waals surface area contributed by atoms with E-state index in [1.54, 1.807) is 43.9 Å². The monoisotopic (exact) mass is 568 g/mol. The molecule has 12 heteroatoms. The van der Waals surface area contributed by atoms with Crippen LogP contribution in [0.3, 0.4) is 0 Å². The number of hydrogen-bond acceptors (Lipinski definition) is 9. The van der Waals surface area contributed by atoms with E-state index in [-0.39, 0.29) is 18.1 Å². The number of benzene rings is 1. The van der Waals surface area contributed by atoms with Gasteiger partial charge < -0.3 is 15.0 Å². The van der Waals surface area contributed by atoms with Crippen LogP contribution >= 0.6 is 11.3 Å². The van der Waals surface area contributed by atoms with Gasteiger partial charge in [-0.05, 0) is 67.5 Å². The fourth-order valence-electron chi connectivity index (χ4n) is 5.23. The third-order valence-electron chi connectivity index (χ3n) is 7.33. The van der Waals surface area contributed by atoms with Crippen molar-refractivity contribution in [2.45, 2.75) is 19.4 Å². The third-order valence-corrected chi connectivity index (χ3v) is 8.32. The van der Waals surface area contributed by atoms with E-state index in [1.165, 1.54) is 15.6 Å². The van der Waals surface area contributed by atoms with Crippen LogP contribution in [0, 0.1) is 0 Å². The Labute approximate surface area is 239 Å². The molecule has 1 amide bonds. The zero-order valence-electron chi connectivity index (χ0n) is 22.7. The molecule has 11 nitrogen and oxygen atoms in total. The van der Waals surface area contributed by atoms with Gasteiger partial charge in [-0.2, -0.15) is 4.98 Å². The van der Waals surface area contributed by atoms with Crippen molar-refractivity contribution in [2.75, 3.05) is 44.0 Å². The van der Waals surface area contributed by atoms with Crippen molar-refractivity contribution in [3.05, 3.63) is 70.0 Å². The second kappa shape index (κ2) is 10.1. The summed E-state index contributed by atoms with van der Waals surface area (Å²) >= 11 is 1.72. The quantitative estimate of drug-likeness (QED) is 0.320. The van der Waals surface area contributed by atoms with Gasteiger partial charge in [-0.3, -0.25) is 14.5 Å². The van der Waals surface area contributed by atoms with Crippen LogP contribution in [0.5, 0.6) is 5.75 Å². The Balaban J connectivity index is 1.29. The number of amides is 1. The van der Waals surface area contributed by atoms with E-state index < -0.39 is 0 Å². The molecular formula is C29H28N8O3S. The molecule has 41 heavy (non-hydrogen) atoms. The highest BCUT2D eigenvalue weighted by Gasteiger charge is 2.28. The van der Waals surface area contributed by atoms with Gasteiger partial charge in [0.1, 0.15) is 5.39 Å². The van der Waals surface area contributed by atoms with Gasteiger partial charge in [-0.15, -0.1) is 11.3 Å². The lowest BCUT2D eigenvalue weighted by atomic mass is 10.1. The van der Waals surface area contributed by atoms with E-state index in [4.69, 9.17) is 14.7 Å². The van der Waals surface area contributed by atoms with Crippen molar-refractivity contribution in [1.82, 2.24) is 29.2 Å². The molecule has 2 aliphatic rings. The molecule has 0 spiro atoms. The summed E-state index contributed by atoms with van der Waals surface area (Å²) in [6.45, 7) is 1.78. The number of thiophene rings is 1. The molecule has 1 aromatic carbocycles. The zero-order chi connectivity index (χ0) is 28.1. The molecule has 0 atom stereocenters. The first kappa shape index (κ1) is 25.4. The van der Waals surface area contributed by atoms with Gasteiger partial charge in [0.25, 0.3) is 11.5 Å². The van der Waals surface area contributed by atoms with Crippen LogP contribution in [0.15, 0.2) is 58.9 Å². The molecule has 0 saturated carbocycles. The predicted molar refractivity (Wildman–Crippen MR) is 160 cm³/mol. The Hall–Kier alpha value is -4.55. The number of carbonyl (C=O) groups is 1. The standard InChI is InChI=1S/C29H28N8O3S/c1-34(2)13-10-18-17-41-23-14-19(6-7-20(18)23)31-29-30-15-21-26(33-29)37-24-9-8-22-27(32-24)35(25(38)16-40-22)11-4-3-5-12-36(37)28(21)39/h3,5-9,14-15,17H,4,10-13,16H2,1-2H3,(H,30,31,33). The lowest BCUT2D eigenvalue weighted by molar-refractivity contribution is -0.121. The normalized spacial score (nSPS) is 14.8. The zero-order valence-corrected chi connectivity index (χ0v) is 23.5. The number of carbonyl (C=O) groups excluding carboxylic acids is 1. The van der Waals surface area contributed by atoms with Crippen molar-refractivity contribution in [3.63, 3.8) is 0 Å². The van der Waals surface area contributed by atoms with Gasteiger partial charge in [0.2, 0.25) is 5.95 Å². The van der Waals surface area contributed by atoms with E-state index in [1.807, 2.05) is 18.2 Å². The molecule has 0 aliphatic carbocycles. The number of likely N-dealkylation sites (N-methyl/N-ethyl adjacent to an activating group) is 1. The summed E-state index contributed by atoms with van der Waals surface area (Å²) in [6, 6.07) is 9.81. The molecule has 2 bridgehead atoms. The number of allylic oxidation sites excluding steroid dienone is 1. The number of hydrogen-bond donors (Lipinski definition) is 1. The molecule has 1 N–H and O–H groups in total. The summed E-state index contributed by atoms with van der Waals surface area (Å²) in [4.78, 5) is 44.0. The summed E-state index contributed by atoms with van der Waals surface area (Å²) in [5, 5.41) is 7.17. The first-order chi connectivity index (χ1) is 20.0. The van der Waals surface area contributed by atoms with Crippen molar-refractivity contribution in [1.29, 1.82) is 0 Å². The lowest BCUT2D eigenvalue weighted by Crippen LogP contribution is -2.40. The Kier molecular flexibility index (Phi) is 6.28. The Bertz CT molecular complexity index is 1900. The van der Waals surface area contributed by atoms with Crippen LogP contribution in [0.4, 0.5) is 17.5 Å². The number of pyridine rings is 1. The molecule has 7 rings (SSSR count). The average molecular weight is 569 g/mol. The molecule has 6 heterocycles. The summed E-state index contributed by atoms with van der Waals surface area (Å²) in [5.74, 6) is 1.66. The highest BCUT2D eigenvalue weighted by molar-refractivity contribution is 7.17. The van der Waals surface area contributed by atoms with Crippen molar-refractivity contribution < 1.29 is 9.53 Å². The maximum atomic E-state index is 13.5. The molecular weight excluding hydrogens is 540 g/mol. The number of nitrogens with zero attached hydrogens (tertiary/aromatic N) is 7. The minimum absolute atomic E-state index is 0.0220. The number of rotatable bonds is 5. The van der Waals surface area contributed by atoms with Gasteiger partial charge >= 0.3 is 0 Å². The smallest absolute Gasteiger partial charge is 0.278 e. The summed E-state index contributed by atoms with van der Waals surface area (Å²) in [7, 11) is 4.17. The second-order valence-electron chi connectivity index (χ2n) is 10.4. The molecule has 0 fully saturated rings. The minimum Gasteiger partial charge on any atom is -0.480 e. The average Bonchev–Trinajstić information content (AvgIpc) is 3.48. The SMILES string of the molecule is CN(C)CCc1csc2cc(Nc3ncc4c(=O)n5n(c4n3)-c3ccc4c(n3)N(CCC=CC5)C(=O)CO4)ccc12. The first-order valence-corrected chi connectivity index (χ1v) is 14.3. The van der Waals surface area contributed by atoms with Crippen LogP contribution in [-0.4, -0.2) is 68.9 Å². The maximum absolute atomic E-state index is 13.5. The van der Waals surface area contributed by atoms with Gasteiger partial charge in [0, 0.05) is 29.7 Å². The maximum Gasteiger partial charge on any atom is 0.278 e. The highest BCUT2D eigenvalue weighted by atomic mass is 32.1. The lowest BCUT2D eigenvalue weighted by Gasteiger charge is -2.28. The first-order valence-electron chi connectivity index (χ1n) is 13.5. The molecule has 5 aromatic rings. The topological polar surface area (TPSA) is 110 Å². The summed E-state index contributed by atoms with van der Waals surface area (Å²) < 4.78 is 10.1. The number of fused-ring (bicyclic) bond motifs is 6. The summed E-state index contributed by atoms with van der Waals surface area (Å²) in [5.41, 5.74) is 2.41. The Morgan fingerprint density at radius 3 is 2.88 bits per heavy atom. The van der Waals surface area contributed by atoms with Crippen LogP contribution < -0.4 is 20.5 Å². The fraction of sp³-hybridized carbons (Fsp3) is 0.276. The van der Waals surface area contributed by atoms with E-state index in [0.717, 1.165) is 18.7 Å². The molecule has 0 radical (unpaired) electrons. The van der Waals surface area contributed by atoms with E-state index in [9.17, 15) is 9.59 Å².